The van der Waals surface area contributed by atoms with Crippen LogP contribution >= 0.6 is 11.6 Å². The van der Waals surface area contributed by atoms with E-state index in [4.69, 9.17) is 16.6 Å². The lowest BCUT2D eigenvalue weighted by molar-refractivity contribution is 0.243. The molecular formula is C20H22ClN5. The van der Waals surface area contributed by atoms with E-state index in [0.29, 0.717) is 0 Å². The second-order valence-corrected chi connectivity index (χ2v) is 7.18. The van der Waals surface area contributed by atoms with E-state index < -0.39 is 0 Å². The molecule has 1 N–H and O–H groups in total. The van der Waals surface area contributed by atoms with Crippen molar-refractivity contribution in [3.8, 4) is 11.3 Å². The maximum Gasteiger partial charge on any atom is 0.128 e. The Morgan fingerprint density at radius 1 is 1.19 bits per heavy atom. The highest BCUT2D eigenvalue weighted by Crippen LogP contribution is 2.26. The van der Waals surface area contributed by atoms with Gasteiger partial charge in [0.15, 0.2) is 0 Å². The number of fused-ring (bicyclic) bond motifs is 1. The minimum absolute atomic E-state index is 0.741. The molecule has 1 aromatic carbocycles. The Bertz CT molecular complexity index is 887. The van der Waals surface area contributed by atoms with Gasteiger partial charge >= 0.3 is 0 Å². The van der Waals surface area contributed by atoms with E-state index in [9.17, 15) is 0 Å². The van der Waals surface area contributed by atoms with Crippen LogP contribution in [-0.2, 0) is 25.9 Å². The number of aryl methyl sites for hydroxylation is 1. The SMILES string of the molecule is CCCc1ncc2c(n1)CCN(Cc1cn[nH]c1-c1ccc(Cl)cc1)C2. The molecule has 5 nitrogen and oxygen atoms in total. The Balaban J connectivity index is 1.49. The lowest BCUT2D eigenvalue weighted by atomic mass is 10.0. The summed E-state index contributed by atoms with van der Waals surface area (Å²) in [5.74, 6) is 0.972. The predicted octanol–water partition coefficient (Wildman–Crippen LogP) is 4.03. The van der Waals surface area contributed by atoms with Gasteiger partial charge in [-0.2, -0.15) is 5.10 Å². The first-order chi connectivity index (χ1) is 12.7. The number of hydrogen-bond acceptors (Lipinski definition) is 4. The van der Waals surface area contributed by atoms with Crippen molar-refractivity contribution >= 4 is 11.6 Å². The van der Waals surface area contributed by atoms with Gasteiger partial charge in [-0.3, -0.25) is 10.00 Å². The minimum atomic E-state index is 0.741. The van der Waals surface area contributed by atoms with Gasteiger partial charge in [0.2, 0.25) is 0 Å². The standard InChI is InChI=1S/C20H22ClN5/c1-2-3-19-22-10-15-12-26(9-8-18(15)24-19)13-16-11-23-25-20(16)14-4-6-17(21)7-5-14/h4-7,10-11H,2-3,8-9,12-13H2,1H3,(H,23,25). The summed E-state index contributed by atoms with van der Waals surface area (Å²) in [5.41, 5.74) is 5.81. The summed E-state index contributed by atoms with van der Waals surface area (Å²) in [6, 6.07) is 7.86. The molecule has 2 aromatic heterocycles. The number of H-pyrrole nitrogens is 1. The molecule has 6 heteroatoms. The number of benzene rings is 1. The van der Waals surface area contributed by atoms with Crippen LogP contribution in [0.2, 0.25) is 5.02 Å². The summed E-state index contributed by atoms with van der Waals surface area (Å²) in [5, 5.41) is 8.12. The van der Waals surface area contributed by atoms with Crippen molar-refractivity contribution in [1.82, 2.24) is 25.1 Å². The van der Waals surface area contributed by atoms with Gasteiger partial charge in [-0.15, -0.1) is 0 Å². The van der Waals surface area contributed by atoms with Gasteiger partial charge in [-0.25, -0.2) is 9.97 Å². The van der Waals surface area contributed by atoms with Gasteiger partial charge in [-0.1, -0.05) is 30.7 Å². The zero-order valence-electron chi connectivity index (χ0n) is 14.9. The molecule has 3 heterocycles. The first-order valence-corrected chi connectivity index (χ1v) is 9.45. The summed E-state index contributed by atoms with van der Waals surface area (Å²) in [4.78, 5) is 11.7. The number of hydrogen-bond donors (Lipinski definition) is 1. The first-order valence-electron chi connectivity index (χ1n) is 9.07. The van der Waals surface area contributed by atoms with Crippen molar-refractivity contribution in [2.24, 2.45) is 0 Å². The number of rotatable bonds is 5. The first kappa shape index (κ1) is 17.2. The van der Waals surface area contributed by atoms with Crippen molar-refractivity contribution in [2.75, 3.05) is 6.54 Å². The van der Waals surface area contributed by atoms with Crippen molar-refractivity contribution in [1.29, 1.82) is 0 Å². The van der Waals surface area contributed by atoms with Crippen LogP contribution in [0.1, 0.15) is 36.0 Å². The topological polar surface area (TPSA) is 57.7 Å². The number of halogens is 1. The summed E-state index contributed by atoms with van der Waals surface area (Å²) in [6.07, 6.45) is 6.94. The van der Waals surface area contributed by atoms with Gasteiger partial charge in [-0.05, 0) is 24.1 Å². The Morgan fingerprint density at radius 3 is 2.85 bits per heavy atom. The molecule has 0 aliphatic carbocycles. The lowest BCUT2D eigenvalue weighted by Crippen LogP contribution is -2.31. The number of aromatic amines is 1. The largest absolute Gasteiger partial charge is 0.294 e. The van der Waals surface area contributed by atoms with Crippen LogP contribution in [0, 0.1) is 0 Å². The highest BCUT2D eigenvalue weighted by atomic mass is 35.5. The van der Waals surface area contributed by atoms with Crippen LogP contribution in [0.5, 0.6) is 0 Å². The van der Waals surface area contributed by atoms with E-state index in [1.807, 2.05) is 36.7 Å². The van der Waals surface area contributed by atoms with Crippen LogP contribution in [0.3, 0.4) is 0 Å². The highest BCUT2D eigenvalue weighted by molar-refractivity contribution is 6.30. The summed E-state index contributed by atoms with van der Waals surface area (Å²) >= 11 is 6.00. The summed E-state index contributed by atoms with van der Waals surface area (Å²) in [6.45, 7) is 4.89. The minimum Gasteiger partial charge on any atom is -0.294 e. The summed E-state index contributed by atoms with van der Waals surface area (Å²) < 4.78 is 0. The van der Waals surface area contributed by atoms with Crippen molar-refractivity contribution in [3.63, 3.8) is 0 Å². The predicted molar refractivity (Wildman–Crippen MR) is 103 cm³/mol. The van der Waals surface area contributed by atoms with Crippen molar-refractivity contribution < 1.29 is 0 Å². The smallest absolute Gasteiger partial charge is 0.128 e. The molecule has 0 radical (unpaired) electrons. The fourth-order valence-electron chi connectivity index (χ4n) is 3.43. The Hall–Kier alpha value is -2.24. The van der Waals surface area contributed by atoms with Gasteiger partial charge in [0, 0.05) is 60.5 Å². The molecule has 1 aliphatic rings. The molecule has 0 saturated heterocycles. The van der Waals surface area contributed by atoms with Crippen LogP contribution in [0.25, 0.3) is 11.3 Å². The molecule has 0 saturated carbocycles. The van der Waals surface area contributed by atoms with Crippen LogP contribution < -0.4 is 0 Å². The Morgan fingerprint density at radius 2 is 2.04 bits per heavy atom. The van der Waals surface area contributed by atoms with Gasteiger partial charge in [0.05, 0.1) is 11.9 Å². The van der Waals surface area contributed by atoms with Crippen LogP contribution in [0.4, 0.5) is 0 Å². The third kappa shape index (κ3) is 3.64. The third-order valence-electron chi connectivity index (χ3n) is 4.78. The van der Waals surface area contributed by atoms with Gasteiger partial charge < -0.3 is 0 Å². The number of nitrogens with zero attached hydrogens (tertiary/aromatic N) is 4. The van der Waals surface area contributed by atoms with Crippen molar-refractivity contribution in [2.45, 2.75) is 39.3 Å². The lowest BCUT2D eigenvalue weighted by Gasteiger charge is -2.28. The fraction of sp³-hybridized carbons (Fsp3) is 0.350. The average molecular weight is 368 g/mol. The fourth-order valence-corrected chi connectivity index (χ4v) is 3.56. The zero-order valence-corrected chi connectivity index (χ0v) is 15.6. The molecule has 0 atom stereocenters. The van der Waals surface area contributed by atoms with E-state index >= 15 is 0 Å². The number of nitrogens with one attached hydrogen (secondary N) is 1. The normalized spacial score (nSPS) is 14.4. The molecule has 0 spiro atoms. The zero-order chi connectivity index (χ0) is 17.9. The Labute approximate surface area is 158 Å². The van der Waals surface area contributed by atoms with Gasteiger partial charge in [0.1, 0.15) is 5.82 Å². The molecule has 1 aliphatic heterocycles. The highest BCUT2D eigenvalue weighted by Gasteiger charge is 2.20. The van der Waals surface area contributed by atoms with E-state index in [2.05, 4.69) is 27.0 Å². The maximum absolute atomic E-state index is 6.00. The van der Waals surface area contributed by atoms with Crippen LogP contribution in [0.15, 0.2) is 36.7 Å². The molecule has 0 bridgehead atoms. The summed E-state index contributed by atoms with van der Waals surface area (Å²) in [7, 11) is 0. The molecule has 134 valence electrons. The quantitative estimate of drug-likeness (QED) is 0.739. The molecule has 26 heavy (non-hydrogen) atoms. The molecule has 4 rings (SSSR count). The maximum atomic E-state index is 6.00. The average Bonchev–Trinajstić information content (AvgIpc) is 3.11. The second-order valence-electron chi connectivity index (χ2n) is 6.75. The van der Waals surface area contributed by atoms with Crippen molar-refractivity contribution in [3.05, 3.63) is 64.3 Å². The van der Waals surface area contributed by atoms with E-state index in [1.54, 1.807) is 0 Å². The number of aromatic nitrogens is 4. The Kier molecular flexibility index (Phi) is 5.00. The third-order valence-corrected chi connectivity index (χ3v) is 5.03. The van der Waals surface area contributed by atoms with E-state index in [1.165, 1.54) is 16.8 Å². The molecule has 0 amide bonds. The monoisotopic (exact) mass is 367 g/mol. The molecule has 0 fully saturated rings. The second kappa shape index (κ2) is 7.56. The van der Waals surface area contributed by atoms with E-state index in [0.717, 1.165) is 61.0 Å². The molecular weight excluding hydrogens is 346 g/mol. The van der Waals surface area contributed by atoms with Gasteiger partial charge in [0.25, 0.3) is 0 Å². The van der Waals surface area contributed by atoms with E-state index in [-0.39, 0.29) is 0 Å². The van der Waals surface area contributed by atoms with Crippen LogP contribution in [-0.4, -0.2) is 31.6 Å². The molecule has 0 unspecified atom stereocenters. The molecule has 3 aromatic rings.